The summed E-state index contributed by atoms with van der Waals surface area (Å²) < 4.78 is 1.08. The summed E-state index contributed by atoms with van der Waals surface area (Å²) in [5.74, 6) is 0. The van der Waals surface area contributed by atoms with Crippen molar-refractivity contribution in [3.05, 3.63) is 67.6 Å². The highest BCUT2D eigenvalue weighted by atomic mass is 79.9. The van der Waals surface area contributed by atoms with Crippen LogP contribution < -0.4 is 5.32 Å². The van der Waals surface area contributed by atoms with Crippen molar-refractivity contribution in [2.75, 3.05) is 7.05 Å². The molecule has 0 fully saturated rings. The van der Waals surface area contributed by atoms with Gasteiger partial charge in [-0.2, -0.15) is 0 Å². The molecular formula is C17H19BrClN. The highest BCUT2D eigenvalue weighted by molar-refractivity contribution is 9.10. The van der Waals surface area contributed by atoms with Gasteiger partial charge in [-0.15, -0.1) is 0 Å². The fourth-order valence-corrected chi connectivity index (χ4v) is 3.13. The van der Waals surface area contributed by atoms with Gasteiger partial charge in [-0.05, 0) is 73.8 Å². The maximum Gasteiger partial charge on any atom is 0.0592 e. The first-order valence-electron chi connectivity index (χ1n) is 6.64. The lowest BCUT2D eigenvalue weighted by molar-refractivity contribution is 0.686. The Bertz CT molecular complexity index is 637. The first-order chi connectivity index (χ1) is 9.43. The maximum absolute atomic E-state index is 6.47. The van der Waals surface area contributed by atoms with E-state index < -0.39 is 0 Å². The normalized spacial score (nSPS) is 12.5. The highest BCUT2D eigenvalue weighted by Crippen LogP contribution is 2.33. The number of aryl methyl sites for hydroxylation is 3. The third-order valence-electron chi connectivity index (χ3n) is 3.76. The monoisotopic (exact) mass is 351 g/mol. The lowest BCUT2D eigenvalue weighted by atomic mass is 9.93. The second kappa shape index (κ2) is 6.30. The van der Waals surface area contributed by atoms with Gasteiger partial charge in [0.15, 0.2) is 0 Å². The van der Waals surface area contributed by atoms with Gasteiger partial charge in [-0.1, -0.05) is 39.7 Å². The Morgan fingerprint density at radius 3 is 2.25 bits per heavy atom. The molecule has 3 heteroatoms. The van der Waals surface area contributed by atoms with Gasteiger partial charge in [0.2, 0.25) is 0 Å². The van der Waals surface area contributed by atoms with Gasteiger partial charge >= 0.3 is 0 Å². The minimum atomic E-state index is 0.0966. The van der Waals surface area contributed by atoms with E-state index in [0.717, 1.165) is 15.1 Å². The van der Waals surface area contributed by atoms with Gasteiger partial charge in [-0.3, -0.25) is 0 Å². The molecule has 0 aliphatic carbocycles. The lowest BCUT2D eigenvalue weighted by Crippen LogP contribution is -2.19. The van der Waals surface area contributed by atoms with Crippen molar-refractivity contribution in [1.82, 2.24) is 5.32 Å². The molecule has 2 aromatic rings. The van der Waals surface area contributed by atoms with Crippen LogP contribution in [0.5, 0.6) is 0 Å². The number of hydrogen-bond donors (Lipinski definition) is 1. The number of rotatable bonds is 3. The molecule has 106 valence electrons. The molecule has 0 spiro atoms. The predicted octanol–water partition coefficient (Wildman–Crippen LogP) is 5.34. The molecule has 1 nitrogen and oxygen atoms in total. The van der Waals surface area contributed by atoms with Crippen LogP contribution in [0.4, 0.5) is 0 Å². The summed E-state index contributed by atoms with van der Waals surface area (Å²) in [5, 5.41) is 4.20. The molecule has 0 aliphatic heterocycles. The number of halogens is 2. The molecule has 0 aliphatic rings. The fraction of sp³-hybridized carbons (Fsp3) is 0.294. The molecule has 1 atom stereocenters. The van der Waals surface area contributed by atoms with Crippen LogP contribution in [0.3, 0.4) is 0 Å². The van der Waals surface area contributed by atoms with Crippen molar-refractivity contribution in [1.29, 1.82) is 0 Å². The Hall–Kier alpha value is -0.830. The minimum Gasteiger partial charge on any atom is -0.309 e. The molecule has 0 saturated heterocycles. The molecule has 1 N–H and O–H groups in total. The summed E-state index contributed by atoms with van der Waals surface area (Å²) in [4.78, 5) is 0. The lowest BCUT2D eigenvalue weighted by Gasteiger charge is -2.22. The summed E-state index contributed by atoms with van der Waals surface area (Å²) in [5.41, 5.74) is 6.10. The van der Waals surface area contributed by atoms with E-state index in [2.05, 4.69) is 66.3 Å². The number of benzene rings is 2. The first kappa shape index (κ1) is 15.6. The molecule has 1 unspecified atom stereocenters. The van der Waals surface area contributed by atoms with Gasteiger partial charge in [0.05, 0.1) is 6.04 Å². The predicted molar refractivity (Wildman–Crippen MR) is 90.7 cm³/mol. The van der Waals surface area contributed by atoms with E-state index in [1.807, 2.05) is 13.1 Å². The van der Waals surface area contributed by atoms with Crippen molar-refractivity contribution in [3.8, 4) is 0 Å². The van der Waals surface area contributed by atoms with Crippen molar-refractivity contribution in [3.63, 3.8) is 0 Å². The highest BCUT2D eigenvalue weighted by Gasteiger charge is 2.18. The quantitative estimate of drug-likeness (QED) is 0.786. The molecule has 0 aromatic heterocycles. The van der Waals surface area contributed by atoms with Crippen LogP contribution in [0, 0.1) is 20.8 Å². The molecule has 0 radical (unpaired) electrons. The second-order valence-corrected chi connectivity index (χ2v) is 6.50. The van der Waals surface area contributed by atoms with Crippen molar-refractivity contribution in [2.24, 2.45) is 0 Å². The Morgan fingerprint density at radius 2 is 1.60 bits per heavy atom. The standard InChI is InChI=1S/C17H19BrClN/c1-10-5-6-13(18)9-14(10)17(20-4)15-7-11(2)12(3)8-16(15)19/h5-9,17,20H,1-4H3. The Kier molecular flexibility index (Phi) is 4.90. The second-order valence-electron chi connectivity index (χ2n) is 5.18. The summed E-state index contributed by atoms with van der Waals surface area (Å²) >= 11 is 10.0. The first-order valence-corrected chi connectivity index (χ1v) is 7.81. The van der Waals surface area contributed by atoms with E-state index in [1.54, 1.807) is 0 Å². The van der Waals surface area contributed by atoms with Crippen LogP contribution in [0.25, 0.3) is 0 Å². The average Bonchev–Trinajstić information content (AvgIpc) is 2.40. The van der Waals surface area contributed by atoms with Crippen molar-refractivity contribution >= 4 is 27.5 Å². The largest absolute Gasteiger partial charge is 0.309 e. The van der Waals surface area contributed by atoms with E-state index in [1.165, 1.54) is 22.3 Å². The SMILES string of the molecule is CNC(c1cc(Br)ccc1C)c1cc(C)c(C)cc1Cl. The molecule has 2 rings (SSSR count). The number of hydrogen-bond acceptors (Lipinski definition) is 1. The maximum atomic E-state index is 6.47. The van der Waals surface area contributed by atoms with Gasteiger partial charge in [0.1, 0.15) is 0 Å². The minimum absolute atomic E-state index is 0.0966. The summed E-state index contributed by atoms with van der Waals surface area (Å²) in [6.45, 7) is 6.33. The Labute approximate surface area is 134 Å². The van der Waals surface area contributed by atoms with Crippen molar-refractivity contribution in [2.45, 2.75) is 26.8 Å². The molecule has 0 bridgehead atoms. The van der Waals surface area contributed by atoms with Crippen LogP contribution in [-0.2, 0) is 0 Å². The topological polar surface area (TPSA) is 12.0 Å². The summed E-state index contributed by atoms with van der Waals surface area (Å²) in [6, 6.07) is 10.7. The average molecular weight is 353 g/mol. The molecule has 0 amide bonds. The third-order valence-corrected chi connectivity index (χ3v) is 4.59. The van der Waals surface area contributed by atoms with Crippen LogP contribution in [0.15, 0.2) is 34.8 Å². The molecule has 0 heterocycles. The zero-order valence-corrected chi connectivity index (χ0v) is 14.6. The summed E-state index contributed by atoms with van der Waals surface area (Å²) in [6.07, 6.45) is 0. The molecule has 2 aromatic carbocycles. The van der Waals surface area contributed by atoms with Gasteiger partial charge in [0, 0.05) is 9.50 Å². The van der Waals surface area contributed by atoms with Gasteiger partial charge < -0.3 is 5.32 Å². The molecule has 20 heavy (non-hydrogen) atoms. The summed E-state index contributed by atoms with van der Waals surface area (Å²) in [7, 11) is 1.97. The van der Waals surface area contributed by atoms with Gasteiger partial charge in [-0.25, -0.2) is 0 Å². The van der Waals surface area contributed by atoms with E-state index in [0.29, 0.717) is 0 Å². The Morgan fingerprint density at radius 1 is 0.950 bits per heavy atom. The van der Waals surface area contributed by atoms with E-state index >= 15 is 0 Å². The molecular weight excluding hydrogens is 334 g/mol. The fourth-order valence-electron chi connectivity index (χ4n) is 2.43. The zero-order chi connectivity index (χ0) is 14.9. The Balaban J connectivity index is 2.58. The molecule has 0 saturated carbocycles. The van der Waals surface area contributed by atoms with Crippen LogP contribution >= 0.6 is 27.5 Å². The smallest absolute Gasteiger partial charge is 0.0592 e. The van der Waals surface area contributed by atoms with Gasteiger partial charge in [0.25, 0.3) is 0 Å². The van der Waals surface area contributed by atoms with Crippen LogP contribution in [-0.4, -0.2) is 7.05 Å². The van der Waals surface area contributed by atoms with E-state index in [9.17, 15) is 0 Å². The van der Waals surface area contributed by atoms with E-state index in [4.69, 9.17) is 11.6 Å². The van der Waals surface area contributed by atoms with E-state index in [-0.39, 0.29) is 6.04 Å². The number of nitrogens with one attached hydrogen (secondary N) is 1. The van der Waals surface area contributed by atoms with Crippen molar-refractivity contribution < 1.29 is 0 Å². The van der Waals surface area contributed by atoms with Crippen LogP contribution in [0.1, 0.15) is 33.9 Å². The van der Waals surface area contributed by atoms with Crippen LogP contribution in [0.2, 0.25) is 5.02 Å². The zero-order valence-electron chi connectivity index (χ0n) is 12.2. The third kappa shape index (κ3) is 3.08.